The smallest absolute Gasteiger partial charge is 0.120 e. The van der Waals surface area contributed by atoms with E-state index in [2.05, 4.69) is 0 Å². The Bertz CT molecular complexity index is 491. The maximum Gasteiger partial charge on any atom is 0.120 e. The van der Waals surface area contributed by atoms with Crippen molar-refractivity contribution >= 4 is 10.8 Å². The topological polar surface area (TPSA) is 72.7 Å². The summed E-state index contributed by atoms with van der Waals surface area (Å²) < 4.78 is 0. The van der Waals surface area contributed by atoms with Crippen molar-refractivity contribution < 1.29 is 15.4 Å². The van der Waals surface area contributed by atoms with Crippen LogP contribution in [0.25, 0.3) is 10.8 Å². The fourth-order valence-corrected chi connectivity index (χ4v) is 1.62. The van der Waals surface area contributed by atoms with E-state index in [0.29, 0.717) is 5.56 Å². The highest BCUT2D eigenvalue weighted by atomic mass is 16.5. The van der Waals surface area contributed by atoms with E-state index >= 15 is 0 Å². The zero-order valence-corrected chi connectivity index (χ0v) is 7.94. The van der Waals surface area contributed by atoms with Gasteiger partial charge in [-0.1, -0.05) is 12.1 Å². The lowest BCUT2D eigenvalue weighted by molar-refractivity contribution is 0.160. The van der Waals surface area contributed by atoms with Gasteiger partial charge in [0.2, 0.25) is 0 Å². The largest absolute Gasteiger partial charge is 0.508 e. The number of fused-ring (bicyclic) bond motifs is 1. The van der Waals surface area contributed by atoms with Crippen molar-refractivity contribution in [1.82, 2.24) is 5.48 Å². The van der Waals surface area contributed by atoms with E-state index in [1.807, 2.05) is 5.48 Å². The molecule has 0 amide bonds. The molecule has 2 aromatic rings. The zero-order chi connectivity index (χ0) is 10.8. The number of benzene rings is 2. The van der Waals surface area contributed by atoms with Crippen LogP contribution in [0.5, 0.6) is 11.5 Å². The molecule has 0 spiro atoms. The van der Waals surface area contributed by atoms with Crippen molar-refractivity contribution in [2.75, 3.05) is 0 Å². The summed E-state index contributed by atoms with van der Waals surface area (Å²) in [6.07, 6.45) is 0. The standard InChI is InChI=1S/C11H11NO3/c13-8-3-1-7-2-4-11(14)10(6-12-15)9(7)5-8/h1-5,12-15H,6H2. The molecular formula is C11H11NO3. The monoisotopic (exact) mass is 205 g/mol. The average Bonchev–Trinajstić information content (AvgIpc) is 2.23. The molecule has 78 valence electrons. The van der Waals surface area contributed by atoms with Crippen molar-refractivity contribution in [3.05, 3.63) is 35.9 Å². The number of aromatic hydroxyl groups is 2. The minimum Gasteiger partial charge on any atom is -0.508 e. The van der Waals surface area contributed by atoms with Gasteiger partial charge in [0, 0.05) is 5.56 Å². The lowest BCUT2D eigenvalue weighted by Gasteiger charge is -2.08. The van der Waals surface area contributed by atoms with Crippen molar-refractivity contribution in [2.24, 2.45) is 0 Å². The van der Waals surface area contributed by atoms with Gasteiger partial charge in [0.05, 0.1) is 6.54 Å². The fraction of sp³-hybridized carbons (Fsp3) is 0.0909. The summed E-state index contributed by atoms with van der Waals surface area (Å²) in [4.78, 5) is 0. The van der Waals surface area contributed by atoms with Gasteiger partial charge in [0.25, 0.3) is 0 Å². The normalized spacial score (nSPS) is 10.7. The number of hydrogen-bond donors (Lipinski definition) is 4. The first-order valence-corrected chi connectivity index (χ1v) is 4.53. The predicted molar refractivity (Wildman–Crippen MR) is 55.9 cm³/mol. The average molecular weight is 205 g/mol. The van der Waals surface area contributed by atoms with Crippen LogP contribution in [0.1, 0.15) is 5.56 Å². The van der Waals surface area contributed by atoms with Gasteiger partial charge in [-0.2, -0.15) is 0 Å². The Morgan fingerprint density at radius 2 is 1.80 bits per heavy atom. The Kier molecular flexibility index (Phi) is 2.45. The third-order valence-electron chi connectivity index (χ3n) is 2.35. The first-order chi connectivity index (χ1) is 7.22. The van der Waals surface area contributed by atoms with Crippen LogP contribution >= 0.6 is 0 Å². The highest BCUT2D eigenvalue weighted by molar-refractivity contribution is 5.88. The summed E-state index contributed by atoms with van der Waals surface area (Å²) in [5, 5.41) is 29.2. The molecule has 2 aromatic carbocycles. The molecular weight excluding hydrogens is 194 g/mol. The van der Waals surface area contributed by atoms with Gasteiger partial charge in [-0.15, -0.1) is 0 Å². The molecule has 4 N–H and O–H groups in total. The molecule has 0 saturated heterocycles. The number of hydroxylamine groups is 1. The van der Waals surface area contributed by atoms with Crippen LogP contribution < -0.4 is 5.48 Å². The second kappa shape index (κ2) is 3.76. The quantitative estimate of drug-likeness (QED) is 0.563. The van der Waals surface area contributed by atoms with E-state index in [0.717, 1.165) is 10.8 Å². The molecule has 0 aromatic heterocycles. The van der Waals surface area contributed by atoms with Gasteiger partial charge in [-0.05, 0) is 29.0 Å². The van der Waals surface area contributed by atoms with E-state index in [9.17, 15) is 10.2 Å². The van der Waals surface area contributed by atoms with Gasteiger partial charge in [0.15, 0.2) is 0 Å². The molecule has 0 fully saturated rings. The highest BCUT2D eigenvalue weighted by Gasteiger charge is 2.06. The van der Waals surface area contributed by atoms with Crippen molar-refractivity contribution in [1.29, 1.82) is 0 Å². The molecule has 0 aliphatic heterocycles. The van der Waals surface area contributed by atoms with Crippen LogP contribution in [-0.2, 0) is 6.54 Å². The number of phenolic OH excluding ortho intramolecular Hbond substituents is 2. The van der Waals surface area contributed by atoms with Crippen molar-refractivity contribution in [3.63, 3.8) is 0 Å². The van der Waals surface area contributed by atoms with E-state index in [-0.39, 0.29) is 18.0 Å². The zero-order valence-electron chi connectivity index (χ0n) is 7.94. The van der Waals surface area contributed by atoms with Gasteiger partial charge >= 0.3 is 0 Å². The minimum absolute atomic E-state index is 0.0923. The minimum atomic E-state index is 0.0923. The summed E-state index contributed by atoms with van der Waals surface area (Å²) in [7, 11) is 0. The van der Waals surface area contributed by atoms with Crippen LogP contribution in [0.15, 0.2) is 30.3 Å². The lowest BCUT2D eigenvalue weighted by Crippen LogP contribution is -2.06. The molecule has 0 unspecified atom stereocenters. The summed E-state index contributed by atoms with van der Waals surface area (Å²) in [6, 6.07) is 8.21. The summed E-state index contributed by atoms with van der Waals surface area (Å²) >= 11 is 0. The molecule has 2 rings (SSSR count). The predicted octanol–water partition coefficient (Wildman–Crippen LogP) is 1.73. The summed E-state index contributed by atoms with van der Waals surface area (Å²) in [6.45, 7) is 0.132. The molecule has 0 heterocycles. The van der Waals surface area contributed by atoms with Gasteiger partial charge in [-0.3, -0.25) is 0 Å². The van der Waals surface area contributed by atoms with E-state index in [1.165, 1.54) is 0 Å². The molecule has 4 heteroatoms. The Labute approximate surface area is 86.4 Å². The number of rotatable bonds is 2. The molecule has 0 bridgehead atoms. The Morgan fingerprint density at radius 1 is 1.07 bits per heavy atom. The maximum absolute atomic E-state index is 9.60. The second-order valence-corrected chi connectivity index (χ2v) is 3.30. The first-order valence-electron chi connectivity index (χ1n) is 4.53. The van der Waals surface area contributed by atoms with Crippen LogP contribution in [-0.4, -0.2) is 15.4 Å². The van der Waals surface area contributed by atoms with Crippen molar-refractivity contribution in [2.45, 2.75) is 6.54 Å². The maximum atomic E-state index is 9.60. The Balaban J connectivity index is 2.72. The molecule has 0 aliphatic rings. The molecule has 0 saturated carbocycles. The molecule has 4 nitrogen and oxygen atoms in total. The van der Waals surface area contributed by atoms with Crippen LogP contribution in [0, 0.1) is 0 Å². The van der Waals surface area contributed by atoms with Gasteiger partial charge in [0.1, 0.15) is 11.5 Å². The van der Waals surface area contributed by atoms with Gasteiger partial charge in [-0.25, -0.2) is 5.48 Å². The Hall–Kier alpha value is -1.78. The van der Waals surface area contributed by atoms with Gasteiger partial charge < -0.3 is 15.4 Å². The number of phenols is 2. The summed E-state index contributed by atoms with van der Waals surface area (Å²) in [5.74, 6) is 0.224. The van der Waals surface area contributed by atoms with E-state index in [4.69, 9.17) is 5.21 Å². The Morgan fingerprint density at radius 3 is 2.53 bits per heavy atom. The lowest BCUT2D eigenvalue weighted by atomic mass is 10.0. The second-order valence-electron chi connectivity index (χ2n) is 3.30. The number of hydrogen-bond acceptors (Lipinski definition) is 4. The third kappa shape index (κ3) is 1.72. The SMILES string of the molecule is ONCc1c(O)ccc2ccc(O)cc12. The third-order valence-corrected chi connectivity index (χ3v) is 2.35. The van der Waals surface area contributed by atoms with E-state index in [1.54, 1.807) is 30.3 Å². The highest BCUT2D eigenvalue weighted by Crippen LogP contribution is 2.29. The first kappa shape index (κ1) is 9.76. The van der Waals surface area contributed by atoms with Crippen LogP contribution in [0.2, 0.25) is 0 Å². The fourth-order valence-electron chi connectivity index (χ4n) is 1.62. The summed E-state index contributed by atoms with van der Waals surface area (Å²) in [5.41, 5.74) is 2.56. The molecule has 15 heavy (non-hydrogen) atoms. The van der Waals surface area contributed by atoms with Crippen molar-refractivity contribution in [3.8, 4) is 11.5 Å². The van der Waals surface area contributed by atoms with E-state index < -0.39 is 0 Å². The molecule has 0 atom stereocenters. The number of nitrogens with one attached hydrogen (secondary N) is 1. The molecule has 0 aliphatic carbocycles. The molecule has 0 radical (unpaired) electrons. The van der Waals surface area contributed by atoms with Crippen LogP contribution in [0.4, 0.5) is 0 Å². The van der Waals surface area contributed by atoms with Crippen LogP contribution in [0.3, 0.4) is 0 Å².